The molecule has 0 saturated carbocycles. The van der Waals surface area contributed by atoms with E-state index in [-0.39, 0.29) is 11.5 Å². The number of anilines is 1. The molecule has 2 aromatic carbocycles. The van der Waals surface area contributed by atoms with E-state index in [0.717, 1.165) is 31.7 Å². The molecule has 3 N–H and O–H groups in total. The van der Waals surface area contributed by atoms with Crippen LogP contribution in [0.15, 0.2) is 42.7 Å². The van der Waals surface area contributed by atoms with E-state index in [1.54, 1.807) is 12.1 Å². The summed E-state index contributed by atoms with van der Waals surface area (Å²) in [4.78, 5) is 16.4. The van der Waals surface area contributed by atoms with Gasteiger partial charge in [0.05, 0.1) is 0 Å². The first kappa shape index (κ1) is 17.0. The molecule has 1 aliphatic heterocycles. The molecule has 0 radical (unpaired) electrons. The van der Waals surface area contributed by atoms with Crippen molar-refractivity contribution in [3.05, 3.63) is 48.8 Å². The van der Waals surface area contributed by atoms with E-state index in [1.807, 2.05) is 12.1 Å². The van der Waals surface area contributed by atoms with Gasteiger partial charge in [0.1, 0.15) is 23.3 Å². The van der Waals surface area contributed by atoms with Gasteiger partial charge in [0.2, 0.25) is 0 Å². The fourth-order valence-corrected chi connectivity index (χ4v) is 3.22. The quantitative estimate of drug-likeness (QED) is 0.353. The topological polar surface area (TPSA) is 98.2 Å². The lowest BCUT2D eigenvalue weighted by Crippen LogP contribution is -2.19. The fourth-order valence-electron chi connectivity index (χ4n) is 3.22. The van der Waals surface area contributed by atoms with Crippen LogP contribution in [0.25, 0.3) is 21.9 Å². The van der Waals surface area contributed by atoms with Crippen LogP contribution < -0.4 is 4.90 Å². The number of phenolic OH excluding ortho intramolecular Hbond substituents is 2. The smallest absolute Gasteiger partial charge is 0.289 e. The first-order valence-electron chi connectivity index (χ1n) is 8.64. The summed E-state index contributed by atoms with van der Waals surface area (Å²) in [5, 5.41) is 20.1. The SMILES string of the molecule is Fc1nc2ncnc(N3CCCC3)c2[nH]1.Oc1ccc(O)c2ccccc12. The van der Waals surface area contributed by atoms with Crippen LogP contribution in [0.3, 0.4) is 0 Å². The molecule has 138 valence electrons. The van der Waals surface area contributed by atoms with E-state index < -0.39 is 6.08 Å². The Morgan fingerprint density at radius 3 is 2.19 bits per heavy atom. The standard InChI is InChI=1S/C10H8O2.C9H10FN5/c11-9-5-6-10(12)8-4-2-1-3-7(8)9;10-9-13-6-7(14-9)11-5-12-8(6)15-3-1-2-4-15/h1-6,11-12H;5H,1-4H2,(H,11,12,13,14). The van der Waals surface area contributed by atoms with E-state index in [1.165, 1.54) is 18.5 Å². The first-order chi connectivity index (χ1) is 13.1. The molecule has 5 rings (SSSR count). The number of imidazole rings is 1. The van der Waals surface area contributed by atoms with Crippen LogP contribution in [0.2, 0.25) is 0 Å². The number of aromatic hydroxyl groups is 2. The molecule has 2 aromatic heterocycles. The molecule has 0 spiro atoms. The summed E-state index contributed by atoms with van der Waals surface area (Å²) < 4.78 is 12.9. The molecular weight excluding hydrogens is 349 g/mol. The zero-order valence-electron chi connectivity index (χ0n) is 14.4. The molecule has 0 bridgehead atoms. The minimum atomic E-state index is -0.606. The number of nitrogens with zero attached hydrogens (tertiary/aromatic N) is 4. The predicted molar refractivity (Wildman–Crippen MR) is 100 cm³/mol. The maximum atomic E-state index is 12.9. The van der Waals surface area contributed by atoms with Crippen molar-refractivity contribution < 1.29 is 14.6 Å². The van der Waals surface area contributed by atoms with Gasteiger partial charge in [0, 0.05) is 23.9 Å². The van der Waals surface area contributed by atoms with Gasteiger partial charge in [-0.2, -0.15) is 9.37 Å². The van der Waals surface area contributed by atoms with E-state index in [9.17, 15) is 14.6 Å². The first-order valence-corrected chi connectivity index (χ1v) is 8.64. The van der Waals surface area contributed by atoms with Crippen molar-refractivity contribution in [1.29, 1.82) is 0 Å². The monoisotopic (exact) mass is 367 g/mol. The molecule has 1 fully saturated rings. The van der Waals surface area contributed by atoms with Crippen molar-refractivity contribution >= 4 is 27.8 Å². The number of benzene rings is 2. The molecule has 0 unspecified atom stereocenters. The number of nitrogens with one attached hydrogen (secondary N) is 1. The Hall–Kier alpha value is -3.42. The van der Waals surface area contributed by atoms with Gasteiger partial charge in [-0.3, -0.25) is 0 Å². The van der Waals surface area contributed by atoms with Gasteiger partial charge < -0.3 is 20.1 Å². The summed E-state index contributed by atoms with van der Waals surface area (Å²) in [6.45, 7) is 1.93. The Morgan fingerprint density at radius 1 is 0.926 bits per heavy atom. The van der Waals surface area contributed by atoms with Crippen LogP contribution in [-0.2, 0) is 0 Å². The third-order valence-electron chi connectivity index (χ3n) is 4.52. The molecule has 1 saturated heterocycles. The maximum absolute atomic E-state index is 12.9. The van der Waals surface area contributed by atoms with Crippen molar-refractivity contribution in [3.8, 4) is 11.5 Å². The lowest BCUT2D eigenvalue weighted by Gasteiger charge is -2.15. The summed E-state index contributed by atoms with van der Waals surface area (Å²) in [6.07, 6.45) is 3.13. The maximum Gasteiger partial charge on any atom is 0.289 e. The minimum absolute atomic E-state index is 0.198. The summed E-state index contributed by atoms with van der Waals surface area (Å²) in [5.41, 5.74) is 0.987. The van der Waals surface area contributed by atoms with Gasteiger partial charge in [0.25, 0.3) is 6.08 Å². The molecule has 0 amide bonds. The van der Waals surface area contributed by atoms with Gasteiger partial charge >= 0.3 is 0 Å². The Kier molecular flexibility index (Phi) is 4.45. The Bertz CT molecular complexity index is 1050. The van der Waals surface area contributed by atoms with Crippen molar-refractivity contribution in [1.82, 2.24) is 19.9 Å². The van der Waals surface area contributed by atoms with Gasteiger partial charge in [0.15, 0.2) is 11.5 Å². The normalized spacial score (nSPS) is 13.7. The number of halogens is 1. The number of hydrogen-bond acceptors (Lipinski definition) is 6. The number of fused-ring (bicyclic) bond motifs is 2. The number of rotatable bonds is 1. The van der Waals surface area contributed by atoms with E-state index in [2.05, 4.69) is 24.8 Å². The summed E-state index contributed by atoms with van der Waals surface area (Å²) in [6, 6.07) is 10.1. The van der Waals surface area contributed by atoms with E-state index in [0.29, 0.717) is 21.9 Å². The number of aromatic nitrogens is 4. The van der Waals surface area contributed by atoms with Crippen molar-refractivity contribution in [3.63, 3.8) is 0 Å². The van der Waals surface area contributed by atoms with Gasteiger partial charge in [-0.25, -0.2) is 9.97 Å². The van der Waals surface area contributed by atoms with Crippen LogP contribution in [0.5, 0.6) is 11.5 Å². The molecule has 0 aliphatic carbocycles. The van der Waals surface area contributed by atoms with Gasteiger partial charge in [-0.1, -0.05) is 24.3 Å². The highest BCUT2D eigenvalue weighted by atomic mass is 19.1. The third kappa shape index (κ3) is 3.33. The molecule has 1 aliphatic rings. The Morgan fingerprint density at radius 2 is 1.56 bits per heavy atom. The second-order valence-corrected chi connectivity index (χ2v) is 6.27. The van der Waals surface area contributed by atoms with Crippen LogP contribution in [-0.4, -0.2) is 43.2 Å². The average Bonchev–Trinajstić information content (AvgIpc) is 3.34. The largest absolute Gasteiger partial charge is 0.507 e. The number of phenols is 2. The van der Waals surface area contributed by atoms with Gasteiger partial charge in [-0.15, -0.1) is 0 Å². The highest BCUT2D eigenvalue weighted by Gasteiger charge is 2.18. The molecule has 3 heterocycles. The Balaban J connectivity index is 0.000000137. The molecule has 0 atom stereocenters. The van der Waals surface area contributed by atoms with Gasteiger partial charge in [-0.05, 0) is 25.0 Å². The number of H-pyrrole nitrogens is 1. The fraction of sp³-hybridized carbons (Fsp3) is 0.211. The summed E-state index contributed by atoms with van der Waals surface area (Å²) in [5.74, 6) is 1.15. The van der Waals surface area contributed by atoms with Crippen molar-refractivity contribution in [2.24, 2.45) is 0 Å². The number of aromatic amines is 1. The highest BCUT2D eigenvalue weighted by Crippen LogP contribution is 2.30. The molecule has 8 heteroatoms. The lowest BCUT2D eigenvalue weighted by molar-refractivity contribution is 0.469. The van der Waals surface area contributed by atoms with Crippen LogP contribution >= 0.6 is 0 Å². The summed E-state index contributed by atoms with van der Waals surface area (Å²) >= 11 is 0. The highest BCUT2D eigenvalue weighted by molar-refractivity contribution is 5.92. The van der Waals surface area contributed by atoms with Crippen molar-refractivity contribution in [2.45, 2.75) is 12.8 Å². The molecule has 7 nitrogen and oxygen atoms in total. The van der Waals surface area contributed by atoms with E-state index >= 15 is 0 Å². The zero-order valence-corrected chi connectivity index (χ0v) is 14.4. The molecule has 4 aromatic rings. The molecule has 27 heavy (non-hydrogen) atoms. The number of hydrogen-bond donors (Lipinski definition) is 3. The zero-order chi connectivity index (χ0) is 18.8. The predicted octanol–water partition coefficient (Wildman–Crippen LogP) is 3.34. The third-order valence-corrected chi connectivity index (χ3v) is 4.52. The summed E-state index contributed by atoms with van der Waals surface area (Å²) in [7, 11) is 0. The minimum Gasteiger partial charge on any atom is -0.507 e. The lowest BCUT2D eigenvalue weighted by atomic mass is 10.1. The Labute approximate surface area is 154 Å². The second kappa shape index (κ2) is 7.06. The average molecular weight is 367 g/mol. The second-order valence-electron chi connectivity index (χ2n) is 6.27. The van der Waals surface area contributed by atoms with Crippen LogP contribution in [0, 0.1) is 6.08 Å². The van der Waals surface area contributed by atoms with E-state index in [4.69, 9.17) is 0 Å². The van der Waals surface area contributed by atoms with Crippen molar-refractivity contribution in [2.75, 3.05) is 18.0 Å². The van der Waals surface area contributed by atoms with Crippen LogP contribution in [0.1, 0.15) is 12.8 Å². The molecular formula is C19H18FN5O2. The van der Waals surface area contributed by atoms with Crippen LogP contribution in [0.4, 0.5) is 10.2 Å².